The van der Waals surface area contributed by atoms with E-state index in [1.165, 1.54) is 12.5 Å². The van der Waals surface area contributed by atoms with E-state index in [2.05, 4.69) is 17.6 Å². The number of aliphatic hydroxyl groups is 1. The highest BCUT2D eigenvalue weighted by atomic mass is 16.4. The zero-order valence-corrected chi connectivity index (χ0v) is 12.2. The molecule has 21 heavy (non-hydrogen) atoms. The van der Waals surface area contributed by atoms with Gasteiger partial charge in [0.25, 0.3) is 0 Å². The lowest BCUT2D eigenvalue weighted by atomic mass is 9.98. The third kappa shape index (κ3) is 5.83. The van der Waals surface area contributed by atoms with Crippen molar-refractivity contribution in [3.8, 4) is 0 Å². The normalized spacial score (nSPS) is 14.8. The lowest BCUT2D eigenvalue weighted by molar-refractivity contribution is -0.141. The molecule has 1 unspecified atom stereocenters. The lowest BCUT2D eigenvalue weighted by Gasteiger charge is -2.18. The summed E-state index contributed by atoms with van der Waals surface area (Å²) in [6.07, 6.45) is -0.416. The van der Waals surface area contributed by atoms with E-state index >= 15 is 0 Å². The number of amides is 2. The molecule has 0 saturated carbocycles. The number of aliphatic carboxylic acids is 1. The number of hydrogen-bond donors (Lipinski definition) is 4. The van der Waals surface area contributed by atoms with Gasteiger partial charge in [0.05, 0.1) is 6.10 Å². The van der Waals surface area contributed by atoms with E-state index in [-0.39, 0.29) is 0 Å². The summed E-state index contributed by atoms with van der Waals surface area (Å²) in [5, 5.41) is 23.0. The maximum Gasteiger partial charge on any atom is 0.328 e. The van der Waals surface area contributed by atoms with Crippen molar-refractivity contribution in [1.29, 1.82) is 0 Å². The minimum absolute atomic E-state index is 0.290. The van der Waals surface area contributed by atoms with Crippen molar-refractivity contribution in [3.63, 3.8) is 0 Å². The Bertz CT molecular complexity index is 462. The second-order valence-electron chi connectivity index (χ2n) is 5.06. The van der Waals surface area contributed by atoms with Crippen LogP contribution in [0, 0.1) is 0 Å². The predicted molar refractivity (Wildman–Crippen MR) is 79.1 cm³/mol. The molecule has 1 rings (SSSR count). The van der Waals surface area contributed by atoms with Gasteiger partial charge in [-0.25, -0.2) is 9.59 Å². The molecule has 0 aliphatic rings. The van der Waals surface area contributed by atoms with Crippen molar-refractivity contribution >= 4 is 12.0 Å². The molecule has 0 aromatic heterocycles. The molecule has 3 atom stereocenters. The van der Waals surface area contributed by atoms with Gasteiger partial charge in [-0.3, -0.25) is 0 Å². The van der Waals surface area contributed by atoms with Crippen molar-refractivity contribution in [2.75, 3.05) is 6.54 Å². The molecule has 6 heteroatoms. The number of hydrogen-bond acceptors (Lipinski definition) is 3. The topological polar surface area (TPSA) is 98.7 Å². The Kier molecular flexibility index (Phi) is 6.68. The van der Waals surface area contributed by atoms with Crippen molar-refractivity contribution in [2.24, 2.45) is 0 Å². The Morgan fingerprint density at radius 2 is 1.81 bits per heavy atom. The molecule has 0 fully saturated rings. The van der Waals surface area contributed by atoms with E-state index in [0.717, 1.165) is 6.42 Å². The fourth-order valence-electron chi connectivity index (χ4n) is 1.93. The molecule has 0 aliphatic carbocycles. The van der Waals surface area contributed by atoms with Gasteiger partial charge in [0.15, 0.2) is 6.04 Å². The van der Waals surface area contributed by atoms with Crippen LogP contribution in [0.25, 0.3) is 0 Å². The highest BCUT2D eigenvalue weighted by Gasteiger charge is 2.24. The van der Waals surface area contributed by atoms with Crippen LogP contribution in [0.2, 0.25) is 0 Å². The third-order valence-corrected chi connectivity index (χ3v) is 3.27. The quantitative estimate of drug-likeness (QED) is 0.609. The van der Waals surface area contributed by atoms with Crippen LogP contribution in [0.4, 0.5) is 4.79 Å². The monoisotopic (exact) mass is 294 g/mol. The molecule has 0 spiro atoms. The Morgan fingerprint density at radius 3 is 2.33 bits per heavy atom. The van der Waals surface area contributed by atoms with Crippen LogP contribution >= 0.6 is 0 Å². The van der Waals surface area contributed by atoms with Gasteiger partial charge >= 0.3 is 12.0 Å². The number of aliphatic hydroxyl groups excluding tert-OH is 1. The minimum Gasteiger partial charge on any atom is -0.480 e. The van der Waals surface area contributed by atoms with Crippen molar-refractivity contribution < 1.29 is 19.8 Å². The van der Waals surface area contributed by atoms with E-state index in [9.17, 15) is 14.7 Å². The summed E-state index contributed by atoms with van der Waals surface area (Å²) in [7, 11) is 0. The second kappa shape index (κ2) is 8.26. The number of urea groups is 1. The van der Waals surface area contributed by atoms with Gasteiger partial charge in [0, 0.05) is 6.54 Å². The zero-order chi connectivity index (χ0) is 15.8. The molecule has 4 N–H and O–H groups in total. The van der Waals surface area contributed by atoms with Gasteiger partial charge in [-0.1, -0.05) is 37.3 Å². The van der Waals surface area contributed by atoms with Crippen LogP contribution in [0.1, 0.15) is 31.7 Å². The molecular weight excluding hydrogens is 272 g/mol. The summed E-state index contributed by atoms with van der Waals surface area (Å²) in [6.45, 7) is 3.80. The molecule has 0 heterocycles. The summed E-state index contributed by atoms with van der Waals surface area (Å²) in [5.41, 5.74) is 1.19. The fourth-order valence-corrected chi connectivity index (χ4v) is 1.93. The second-order valence-corrected chi connectivity index (χ2v) is 5.06. The van der Waals surface area contributed by atoms with Crippen LogP contribution < -0.4 is 10.6 Å². The Balaban J connectivity index is 2.35. The van der Waals surface area contributed by atoms with Crippen LogP contribution in [0.5, 0.6) is 0 Å². The number of benzene rings is 1. The first-order valence-corrected chi connectivity index (χ1v) is 6.92. The highest BCUT2D eigenvalue weighted by molar-refractivity contribution is 5.82. The Hall–Kier alpha value is -2.08. The summed E-state index contributed by atoms with van der Waals surface area (Å²) < 4.78 is 0. The lowest BCUT2D eigenvalue weighted by Crippen LogP contribution is -2.51. The Morgan fingerprint density at radius 1 is 1.19 bits per heavy atom. The molecule has 0 saturated heterocycles. The Labute approximate surface area is 124 Å². The molecular formula is C15H22N2O4. The van der Waals surface area contributed by atoms with E-state index in [1.807, 2.05) is 30.3 Å². The molecule has 2 amide bonds. The molecule has 6 nitrogen and oxygen atoms in total. The average molecular weight is 294 g/mol. The number of carboxylic acids is 1. The molecule has 1 aromatic rings. The zero-order valence-electron chi connectivity index (χ0n) is 12.2. The first kappa shape index (κ1) is 17.0. The average Bonchev–Trinajstić information content (AvgIpc) is 2.45. The molecule has 0 bridgehead atoms. The van der Waals surface area contributed by atoms with Gasteiger partial charge < -0.3 is 20.8 Å². The minimum atomic E-state index is -1.31. The van der Waals surface area contributed by atoms with Gasteiger partial charge in [0.1, 0.15) is 0 Å². The summed E-state index contributed by atoms with van der Waals surface area (Å²) in [5.74, 6) is -0.976. The number of rotatable bonds is 7. The standard InChI is InChI=1S/C15H22N2O4/c1-10(12-6-4-3-5-7-12)8-9-16-15(21)17-13(11(2)18)14(19)20/h3-7,10-11,13,18H,8-9H2,1-2H3,(H,19,20)(H2,16,17,21)/t10?,11-,13+/m1/s1. The number of carbonyl (C=O) groups is 2. The van der Waals surface area contributed by atoms with Crippen molar-refractivity contribution in [3.05, 3.63) is 35.9 Å². The van der Waals surface area contributed by atoms with Crippen LogP contribution in [-0.2, 0) is 4.79 Å². The first-order valence-electron chi connectivity index (χ1n) is 6.92. The van der Waals surface area contributed by atoms with Crippen LogP contribution in [0.15, 0.2) is 30.3 Å². The molecule has 1 aromatic carbocycles. The predicted octanol–water partition coefficient (Wildman–Crippen LogP) is 1.31. The molecule has 0 aliphatic heterocycles. The van der Waals surface area contributed by atoms with Crippen molar-refractivity contribution in [1.82, 2.24) is 10.6 Å². The van der Waals surface area contributed by atoms with E-state index in [4.69, 9.17) is 5.11 Å². The van der Waals surface area contributed by atoms with Crippen molar-refractivity contribution in [2.45, 2.75) is 38.3 Å². The van der Waals surface area contributed by atoms with E-state index < -0.39 is 24.1 Å². The maximum atomic E-state index is 11.6. The highest BCUT2D eigenvalue weighted by Crippen LogP contribution is 2.17. The number of carbonyl (C=O) groups excluding carboxylic acids is 1. The number of carboxylic acid groups (broad SMARTS) is 1. The van der Waals surface area contributed by atoms with Gasteiger partial charge in [-0.05, 0) is 24.8 Å². The van der Waals surface area contributed by atoms with Crippen LogP contribution in [-0.4, -0.2) is 40.9 Å². The number of nitrogens with one attached hydrogen (secondary N) is 2. The summed E-state index contributed by atoms with van der Waals surface area (Å²) in [6, 6.07) is 8.03. The fraction of sp³-hybridized carbons (Fsp3) is 0.467. The summed E-state index contributed by atoms with van der Waals surface area (Å²) in [4.78, 5) is 22.4. The third-order valence-electron chi connectivity index (χ3n) is 3.27. The van der Waals surface area contributed by atoms with E-state index in [0.29, 0.717) is 12.5 Å². The maximum absolute atomic E-state index is 11.6. The molecule has 0 radical (unpaired) electrons. The molecule has 116 valence electrons. The smallest absolute Gasteiger partial charge is 0.328 e. The largest absolute Gasteiger partial charge is 0.480 e. The first-order chi connectivity index (χ1) is 9.91. The van der Waals surface area contributed by atoms with Gasteiger partial charge in [-0.2, -0.15) is 0 Å². The van der Waals surface area contributed by atoms with Gasteiger partial charge in [-0.15, -0.1) is 0 Å². The summed E-state index contributed by atoms with van der Waals surface area (Å²) >= 11 is 0. The SMILES string of the molecule is CC(CCNC(=O)N[C@H](C(=O)O)[C@@H](C)O)c1ccccc1. The van der Waals surface area contributed by atoms with Crippen LogP contribution in [0.3, 0.4) is 0 Å². The van der Waals surface area contributed by atoms with E-state index in [1.54, 1.807) is 0 Å². The van der Waals surface area contributed by atoms with Gasteiger partial charge in [0.2, 0.25) is 0 Å².